The molecule has 3 aliphatic rings. The van der Waals surface area contributed by atoms with Crippen LogP contribution in [0, 0.1) is 0 Å². The fourth-order valence-corrected chi connectivity index (χ4v) is 4.13. The molecule has 0 aromatic heterocycles. The molecule has 0 saturated carbocycles. The highest BCUT2D eigenvalue weighted by atomic mass is 35.5. The van der Waals surface area contributed by atoms with Crippen LogP contribution in [0.15, 0.2) is 54.3 Å². The van der Waals surface area contributed by atoms with Crippen LogP contribution in [0.4, 0.5) is 0 Å². The van der Waals surface area contributed by atoms with E-state index in [1.807, 2.05) is 0 Å². The largest absolute Gasteiger partial charge is 0.467 e. The molecule has 3 heterocycles. The van der Waals surface area contributed by atoms with Crippen molar-refractivity contribution < 1.29 is 38.0 Å². The van der Waals surface area contributed by atoms with Gasteiger partial charge in [0.05, 0.1) is 17.7 Å². The summed E-state index contributed by atoms with van der Waals surface area (Å²) in [6, 6.07) is 12.8. The number of ether oxygens (including phenoxy) is 6. The lowest BCUT2D eigenvalue weighted by Gasteiger charge is -2.20. The number of halogens is 1. The zero-order chi connectivity index (χ0) is 23.2. The van der Waals surface area contributed by atoms with E-state index < -0.39 is 5.97 Å². The minimum Gasteiger partial charge on any atom is -0.467 e. The van der Waals surface area contributed by atoms with Crippen molar-refractivity contribution in [1.82, 2.24) is 0 Å². The van der Waals surface area contributed by atoms with Gasteiger partial charge in [0.2, 0.25) is 12.6 Å². The highest BCUT2D eigenvalue weighted by molar-refractivity contribution is 6.31. The van der Waals surface area contributed by atoms with Crippen molar-refractivity contribution in [3.63, 3.8) is 0 Å². The Bertz CT molecular complexity index is 1390. The molecule has 0 atom stereocenters. The minimum absolute atomic E-state index is 0.105. The first-order valence-corrected chi connectivity index (χ1v) is 10.7. The Labute approximate surface area is 198 Å². The van der Waals surface area contributed by atoms with Gasteiger partial charge in [0.15, 0.2) is 24.1 Å². The summed E-state index contributed by atoms with van der Waals surface area (Å²) in [5.41, 5.74) is 2.05. The summed E-state index contributed by atoms with van der Waals surface area (Å²) < 4.78 is 32.7. The average molecular weight is 479 g/mol. The third-order valence-corrected chi connectivity index (χ3v) is 5.67. The van der Waals surface area contributed by atoms with Gasteiger partial charge in [0.25, 0.3) is 0 Å². The first-order chi connectivity index (χ1) is 16.5. The van der Waals surface area contributed by atoms with Crippen molar-refractivity contribution in [2.45, 2.75) is 6.61 Å². The molecule has 3 aliphatic heterocycles. The van der Waals surface area contributed by atoms with Crippen molar-refractivity contribution in [3.05, 3.63) is 81.6 Å². The highest BCUT2D eigenvalue weighted by Crippen LogP contribution is 2.38. The van der Waals surface area contributed by atoms with E-state index in [-0.39, 0.29) is 36.6 Å². The standard InChI is InChI=1S/C25H15ClO8/c26-16-5-14(24-15(6-16)10-29-11-32-24)8-22-23(27)18-3-2-17(9-20(18)34-22)33-25(28)13-1-4-19-21(7-13)31-12-30-19/h1-9H,10-12H2. The topological polar surface area (TPSA) is 89.5 Å². The number of rotatable bonds is 3. The maximum atomic E-state index is 12.9. The first-order valence-electron chi connectivity index (χ1n) is 10.3. The van der Waals surface area contributed by atoms with Crippen molar-refractivity contribution >= 4 is 29.4 Å². The lowest BCUT2D eigenvalue weighted by atomic mass is 10.1. The van der Waals surface area contributed by atoms with E-state index in [2.05, 4.69) is 0 Å². The Balaban J connectivity index is 1.25. The van der Waals surface area contributed by atoms with Gasteiger partial charge < -0.3 is 28.4 Å². The molecule has 3 aromatic carbocycles. The number of fused-ring (bicyclic) bond motifs is 3. The van der Waals surface area contributed by atoms with Gasteiger partial charge in [0, 0.05) is 22.2 Å². The van der Waals surface area contributed by atoms with E-state index in [0.717, 1.165) is 5.56 Å². The minimum atomic E-state index is -0.580. The van der Waals surface area contributed by atoms with Crippen molar-refractivity contribution in [1.29, 1.82) is 0 Å². The molecule has 0 fully saturated rings. The number of ketones is 1. The molecular formula is C25H15ClO8. The molecule has 0 saturated heterocycles. The number of hydrogen-bond acceptors (Lipinski definition) is 8. The predicted molar refractivity (Wildman–Crippen MR) is 119 cm³/mol. The van der Waals surface area contributed by atoms with E-state index in [1.165, 1.54) is 12.1 Å². The van der Waals surface area contributed by atoms with Crippen LogP contribution in [0.25, 0.3) is 6.08 Å². The Morgan fingerprint density at radius 2 is 1.82 bits per heavy atom. The summed E-state index contributed by atoms with van der Waals surface area (Å²) >= 11 is 6.21. The SMILES string of the molecule is O=C(Oc1ccc2c(c1)OC(=Cc1cc(Cl)cc3c1OCOC3)C2=O)c1ccc2c(c1)OCO2. The average Bonchev–Trinajstić information content (AvgIpc) is 3.42. The molecule has 0 unspecified atom stereocenters. The van der Waals surface area contributed by atoms with Crippen LogP contribution in [0.3, 0.4) is 0 Å². The fraction of sp³-hybridized carbons (Fsp3) is 0.120. The predicted octanol–water partition coefficient (Wildman–Crippen LogP) is 4.77. The van der Waals surface area contributed by atoms with Gasteiger partial charge in [-0.25, -0.2) is 4.79 Å². The summed E-state index contributed by atoms with van der Waals surface area (Å²) in [7, 11) is 0. The Kier molecular flexibility index (Phi) is 4.90. The number of esters is 1. The number of carbonyl (C=O) groups excluding carboxylic acids is 2. The molecule has 0 spiro atoms. The lowest BCUT2D eigenvalue weighted by molar-refractivity contribution is -0.0165. The van der Waals surface area contributed by atoms with Crippen LogP contribution in [0.1, 0.15) is 31.8 Å². The molecule has 9 heteroatoms. The molecule has 34 heavy (non-hydrogen) atoms. The van der Waals surface area contributed by atoms with Crippen LogP contribution < -0.4 is 23.7 Å². The Hall–Kier alpha value is -4.01. The van der Waals surface area contributed by atoms with Gasteiger partial charge in [0.1, 0.15) is 17.2 Å². The van der Waals surface area contributed by atoms with E-state index in [9.17, 15) is 9.59 Å². The second-order valence-corrected chi connectivity index (χ2v) is 8.09. The molecule has 0 N–H and O–H groups in total. The molecule has 0 radical (unpaired) electrons. The third-order valence-electron chi connectivity index (χ3n) is 5.45. The van der Waals surface area contributed by atoms with Gasteiger partial charge in [-0.15, -0.1) is 0 Å². The van der Waals surface area contributed by atoms with Gasteiger partial charge in [-0.2, -0.15) is 0 Å². The molecule has 0 amide bonds. The Morgan fingerprint density at radius 3 is 2.74 bits per heavy atom. The van der Waals surface area contributed by atoms with Gasteiger partial charge >= 0.3 is 5.97 Å². The summed E-state index contributed by atoms with van der Waals surface area (Å²) in [4.78, 5) is 25.5. The van der Waals surface area contributed by atoms with E-state index in [1.54, 1.807) is 42.5 Å². The van der Waals surface area contributed by atoms with Gasteiger partial charge in [-0.05, 0) is 48.5 Å². The summed E-state index contributed by atoms with van der Waals surface area (Å²) in [5, 5.41) is 0.486. The van der Waals surface area contributed by atoms with Crippen molar-refractivity contribution in [2.75, 3.05) is 13.6 Å². The summed E-state index contributed by atoms with van der Waals surface area (Å²) in [6.45, 7) is 0.578. The van der Waals surface area contributed by atoms with Crippen LogP contribution in [0.2, 0.25) is 5.02 Å². The quantitative estimate of drug-likeness (QED) is 0.302. The van der Waals surface area contributed by atoms with Crippen molar-refractivity contribution in [3.8, 4) is 28.7 Å². The lowest BCUT2D eigenvalue weighted by Crippen LogP contribution is -2.12. The summed E-state index contributed by atoms with van der Waals surface area (Å²) in [6.07, 6.45) is 1.58. The number of benzene rings is 3. The monoisotopic (exact) mass is 478 g/mol. The number of carbonyl (C=O) groups is 2. The van der Waals surface area contributed by atoms with Crippen LogP contribution in [-0.2, 0) is 11.3 Å². The van der Waals surface area contributed by atoms with Crippen LogP contribution in [-0.4, -0.2) is 25.3 Å². The number of Topliss-reactive ketones (excluding diaryl/α,β-unsaturated/α-hetero) is 1. The molecule has 0 aliphatic carbocycles. The van der Waals surface area contributed by atoms with Gasteiger partial charge in [-0.1, -0.05) is 11.6 Å². The molecule has 0 bridgehead atoms. The number of allylic oxidation sites excluding steroid dienone is 1. The fourth-order valence-electron chi connectivity index (χ4n) is 3.88. The van der Waals surface area contributed by atoms with Crippen LogP contribution in [0.5, 0.6) is 28.7 Å². The summed E-state index contributed by atoms with van der Waals surface area (Å²) in [5.74, 6) is 1.38. The van der Waals surface area contributed by atoms with E-state index in [4.69, 9.17) is 40.0 Å². The van der Waals surface area contributed by atoms with Gasteiger partial charge in [-0.3, -0.25) is 4.79 Å². The smallest absolute Gasteiger partial charge is 0.343 e. The van der Waals surface area contributed by atoms with Crippen LogP contribution >= 0.6 is 11.6 Å². The normalized spacial score (nSPS) is 16.5. The molecule has 6 rings (SSSR count). The zero-order valence-corrected chi connectivity index (χ0v) is 18.2. The maximum absolute atomic E-state index is 12.9. The Morgan fingerprint density at radius 1 is 0.941 bits per heavy atom. The third kappa shape index (κ3) is 3.63. The highest BCUT2D eigenvalue weighted by Gasteiger charge is 2.29. The maximum Gasteiger partial charge on any atom is 0.343 e. The first kappa shape index (κ1) is 20.6. The zero-order valence-electron chi connectivity index (χ0n) is 17.5. The number of hydrogen-bond donors (Lipinski definition) is 0. The van der Waals surface area contributed by atoms with Crippen molar-refractivity contribution in [2.24, 2.45) is 0 Å². The molecule has 3 aromatic rings. The second-order valence-electron chi connectivity index (χ2n) is 7.65. The molecule has 170 valence electrons. The second kappa shape index (κ2) is 8.09. The molecular weight excluding hydrogens is 464 g/mol. The molecule has 8 nitrogen and oxygen atoms in total. The van der Waals surface area contributed by atoms with E-state index in [0.29, 0.717) is 45.6 Å². The van der Waals surface area contributed by atoms with E-state index >= 15 is 0 Å².